The number of nitrogen functional groups attached to an aromatic ring is 1. The zero-order valence-electron chi connectivity index (χ0n) is 27.8. The quantitative estimate of drug-likeness (QED) is 0.149. The van der Waals surface area contributed by atoms with Crippen molar-refractivity contribution in [2.75, 3.05) is 25.5 Å². The lowest BCUT2D eigenvalue weighted by molar-refractivity contribution is -0.166. The number of nitrogens with zero attached hydrogens (tertiary/aromatic N) is 4. The van der Waals surface area contributed by atoms with Crippen LogP contribution in [0.5, 0.6) is 5.75 Å². The summed E-state index contributed by atoms with van der Waals surface area (Å²) in [4.78, 5) is 41.1. The van der Waals surface area contributed by atoms with Gasteiger partial charge < -0.3 is 29.2 Å². The maximum Gasteiger partial charge on any atom is 0.459 e. The van der Waals surface area contributed by atoms with Crippen molar-refractivity contribution >= 4 is 37.0 Å². The maximum atomic E-state index is 14.2. The summed E-state index contributed by atoms with van der Waals surface area (Å²) in [6.07, 6.45) is -1.23. The number of nitrogens with two attached hydrogens (primary N) is 1. The first-order chi connectivity index (χ1) is 23.1. The van der Waals surface area contributed by atoms with Crippen molar-refractivity contribution in [2.45, 2.75) is 76.8 Å². The molecule has 16 nitrogen and oxygen atoms in total. The number of anilines is 1. The van der Waals surface area contributed by atoms with E-state index < -0.39 is 62.7 Å². The average molecular weight is 699 g/mol. The molecule has 2 aliphatic rings. The molecule has 1 saturated heterocycles. The van der Waals surface area contributed by atoms with E-state index in [1.54, 1.807) is 18.2 Å². The van der Waals surface area contributed by atoms with Gasteiger partial charge in [-0.05, 0) is 54.0 Å². The van der Waals surface area contributed by atoms with Gasteiger partial charge in [0.1, 0.15) is 36.3 Å². The van der Waals surface area contributed by atoms with Gasteiger partial charge in [-0.1, -0.05) is 32.9 Å². The van der Waals surface area contributed by atoms with Crippen LogP contribution in [0.15, 0.2) is 42.7 Å². The van der Waals surface area contributed by atoms with Crippen LogP contribution in [0.1, 0.15) is 58.7 Å². The Kier molecular flexibility index (Phi) is 10.3. The fourth-order valence-corrected chi connectivity index (χ4v) is 6.59. The van der Waals surface area contributed by atoms with Crippen molar-refractivity contribution < 1.29 is 46.9 Å². The topological polar surface area (TPSA) is 216 Å². The standard InChI is InChI=1S/C32H39N6O10P/c1-19(39)45-28-25(47-32(17-33,29(28)46-20(2)40)26-13-12-24-30(34)35-18-36-38(24)26)16-44-49(42,37-14-27(41)43-15-21-6-7-21)48-23-10-8-22(9-11-23)31(3,4)5/h8-13,18,21,25,28-29H,6-7,14-16H2,1-5H3,(H,37,42)(H2,34,35,36)/t25-,28-,29-,32+,49?/m1/s1. The molecule has 1 aliphatic heterocycles. The predicted molar refractivity (Wildman–Crippen MR) is 172 cm³/mol. The molecule has 49 heavy (non-hydrogen) atoms. The van der Waals surface area contributed by atoms with E-state index in [0.29, 0.717) is 11.4 Å². The lowest BCUT2D eigenvalue weighted by Crippen LogP contribution is -2.45. The minimum atomic E-state index is -4.40. The van der Waals surface area contributed by atoms with Gasteiger partial charge in [-0.2, -0.15) is 10.4 Å². The number of hydrogen-bond acceptors (Lipinski definition) is 14. The number of esters is 3. The number of carbonyl (C=O) groups is 3. The molecule has 3 aromatic rings. The summed E-state index contributed by atoms with van der Waals surface area (Å²) in [6.45, 7) is 7.46. The first-order valence-electron chi connectivity index (χ1n) is 15.6. The fourth-order valence-electron chi connectivity index (χ4n) is 5.31. The third kappa shape index (κ3) is 8.19. The van der Waals surface area contributed by atoms with Gasteiger partial charge in [-0.25, -0.2) is 19.2 Å². The van der Waals surface area contributed by atoms with Gasteiger partial charge in [0.15, 0.2) is 18.0 Å². The van der Waals surface area contributed by atoms with Crippen molar-refractivity contribution in [3.05, 3.63) is 54.0 Å². The van der Waals surface area contributed by atoms with E-state index in [4.69, 9.17) is 33.7 Å². The number of nitriles is 1. The van der Waals surface area contributed by atoms with Crippen LogP contribution >= 0.6 is 7.75 Å². The van der Waals surface area contributed by atoms with E-state index in [9.17, 15) is 24.2 Å². The van der Waals surface area contributed by atoms with Crippen molar-refractivity contribution in [3.8, 4) is 11.8 Å². The van der Waals surface area contributed by atoms with Crippen molar-refractivity contribution in [2.24, 2.45) is 5.92 Å². The molecule has 1 aliphatic carbocycles. The average Bonchev–Trinajstić information content (AvgIpc) is 3.70. The van der Waals surface area contributed by atoms with Crippen LogP contribution in [0.3, 0.4) is 0 Å². The zero-order chi connectivity index (χ0) is 35.6. The summed E-state index contributed by atoms with van der Waals surface area (Å²) in [5.41, 5.74) is 5.12. The molecule has 1 unspecified atom stereocenters. The van der Waals surface area contributed by atoms with E-state index in [2.05, 4.69) is 21.2 Å². The summed E-state index contributed by atoms with van der Waals surface area (Å²) < 4.78 is 49.8. The Morgan fingerprint density at radius 3 is 2.41 bits per heavy atom. The Morgan fingerprint density at radius 2 is 1.80 bits per heavy atom. The number of fused-ring (bicyclic) bond motifs is 1. The second kappa shape index (κ2) is 14.1. The Balaban J connectivity index is 1.46. The molecule has 0 spiro atoms. The third-order valence-corrected chi connectivity index (χ3v) is 9.46. The molecule has 0 bridgehead atoms. The summed E-state index contributed by atoms with van der Waals surface area (Å²) in [6, 6.07) is 11.9. The number of benzene rings is 1. The Hall–Kier alpha value is -4.55. The third-order valence-electron chi connectivity index (χ3n) is 7.97. The van der Waals surface area contributed by atoms with Gasteiger partial charge in [0, 0.05) is 13.8 Å². The lowest BCUT2D eigenvalue weighted by Gasteiger charge is -2.28. The first kappa shape index (κ1) is 35.7. The Labute approximate surface area is 282 Å². The predicted octanol–water partition coefficient (Wildman–Crippen LogP) is 3.34. The van der Waals surface area contributed by atoms with Crippen LogP contribution in [0.4, 0.5) is 5.82 Å². The molecule has 5 atom stereocenters. The highest BCUT2D eigenvalue weighted by Gasteiger charge is 2.62. The molecule has 3 heterocycles. The molecular formula is C32H39N6O10P. The van der Waals surface area contributed by atoms with Crippen LogP contribution in [0.25, 0.3) is 5.52 Å². The molecule has 1 aromatic carbocycles. The Morgan fingerprint density at radius 1 is 1.10 bits per heavy atom. The zero-order valence-corrected chi connectivity index (χ0v) is 28.7. The number of ether oxygens (including phenoxy) is 4. The molecule has 5 rings (SSSR count). The maximum absolute atomic E-state index is 14.2. The van der Waals surface area contributed by atoms with Gasteiger partial charge in [-0.15, -0.1) is 0 Å². The Bertz CT molecular complexity index is 1800. The number of rotatable bonds is 13. The van der Waals surface area contributed by atoms with Crippen LogP contribution in [0, 0.1) is 17.2 Å². The molecule has 0 amide bonds. The number of aromatic nitrogens is 3. The van der Waals surface area contributed by atoms with Crippen molar-refractivity contribution in [3.63, 3.8) is 0 Å². The fraction of sp³-hybridized carbons (Fsp3) is 0.500. The van der Waals surface area contributed by atoms with E-state index in [1.807, 2.05) is 32.9 Å². The minimum Gasteiger partial charge on any atom is -0.464 e. The summed E-state index contributed by atoms with van der Waals surface area (Å²) in [7, 11) is -4.40. The highest BCUT2D eigenvalue weighted by Crippen LogP contribution is 2.48. The number of carbonyl (C=O) groups excluding carboxylic acids is 3. The highest BCUT2D eigenvalue weighted by atomic mass is 31.2. The normalized spacial score (nSPS) is 23.3. The molecule has 1 saturated carbocycles. The van der Waals surface area contributed by atoms with E-state index in [0.717, 1.165) is 32.3 Å². The first-order valence-corrected chi connectivity index (χ1v) is 17.2. The SMILES string of the molecule is CC(=O)O[C@H]1[C@@H](OC(C)=O)[C@](C#N)(c2ccc3c(N)ncnn23)O[C@@H]1COP(=O)(NCC(=O)OCC1CC1)Oc1ccc(C(C)(C)C)cc1. The molecule has 262 valence electrons. The minimum absolute atomic E-state index is 0.0832. The molecule has 0 radical (unpaired) electrons. The molecule has 2 aromatic heterocycles. The van der Waals surface area contributed by atoms with Crippen LogP contribution in [-0.4, -0.2) is 70.6 Å². The van der Waals surface area contributed by atoms with Gasteiger partial charge in [-0.3, -0.25) is 18.9 Å². The molecular weight excluding hydrogens is 659 g/mol. The van der Waals surface area contributed by atoms with Crippen molar-refractivity contribution in [1.82, 2.24) is 19.7 Å². The van der Waals surface area contributed by atoms with E-state index >= 15 is 0 Å². The number of nitrogens with one attached hydrogen (secondary N) is 1. The van der Waals surface area contributed by atoms with E-state index in [1.165, 1.54) is 16.9 Å². The molecule has 2 fully saturated rings. The highest BCUT2D eigenvalue weighted by molar-refractivity contribution is 7.52. The van der Waals surface area contributed by atoms with Gasteiger partial charge in [0.05, 0.1) is 18.9 Å². The van der Waals surface area contributed by atoms with Gasteiger partial charge in [0.25, 0.3) is 0 Å². The second-order valence-corrected chi connectivity index (χ2v) is 14.6. The van der Waals surface area contributed by atoms with E-state index in [-0.39, 0.29) is 29.3 Å². The molecule has 17 heteroatoms. The van der Waals surface area contributed by atoms with Crippen molar-refractivity contribution in [1.29, 1.82) is 5.26 Å². The second-order valence-electron chi connectivity index (χ2n) is 12.9. The van der Waals surface area contributed by atoms with Gasteiger partial charge >= 0.3 is 25.7 Å². The smallest absolute Gasteiger partial charge is 0.459 e. The van der Waals surface area contributed by atoms with Crippen LogP contribution in [-0.2, 0) is 53.4 Å². The summed E-state index contributed by atoms with van der Waals surface area (Å²) in [5.74, 6) is -1.68. The lowest BCUT2D eigenvalue weighted by atomic mass is 9.87. The molecule has 3 N–H and O–H groups in total. The summed E-state index contributed by atoms with van der Waals surface area (Å²) in [5, 5.41) is 17.4. The summed E-state index contributed by atoms with van der Waals surface area (Å²) >= 11 is 0. The number of hydrogen-bond donors (Lipinski definition) is 2. The largest absolute Gasteiger partial charge is 0.464 e. The van der Waals surface area contributed by atoms with Gasteiger partial charge in [0.2, 0.25) is 5.60 Å². The monoisotopic (exact) mass is 698 g/mol. The van der Waals surface area contributed by atoms with Crippen LogP contribution < -0.4 is 15.3 Å². The van der Waals surface area contributed by atoms with Crippen LogP contribution in [0.2, 0.25) is 0 Å².